The number of nitrogens with zero attached hydrogens (tertiary/aromatic N) is 3. The monoisotopic (exact) mass is 316 g/mol. The van der Waals surface area contributed by atoms with Crippen LogP contribution in [0.5, 0.6) is 0 Å². The van der Waals surface area contributed by atoms with Crippen LogP contribution in [0.25, 0.3) is 5.69 Å². The van der Waals surface area contributed by atoms with E-state index in [1.54, 1.807) is 0 Å². The molecule has 1 aromatic carbocycles. The molecule has 2 amide bonds. The molecule has 1 aliphatic heterocycles. The molecule has 0 aliphatic carbocycles. The van der Waals surface area contributed by atoms with Crippen molar-refractivity contribution in [2.75, 3.05) is 29.9 Å². The van der Waals surface area contributed by atoms with E-state index in [1.807, 2.05) is 65.5 Å². The van der Waals surface area contributed by atoms with Crippen molar-refractivity contribution in [1.82, 2.24) is 14.7 Å². The van der Waals surface area contributed by atoms with E-state index in [0.29, 0.717) is 0 Å². The number of hydrogen-bond donors (Lipinski definition) is 1. The molecule has 1 saturated heterocycles. The summed E-state index contributed by atoms with van der Waals surface area (Å²) in [4.78, 5) is 14.1. The third-order valence-corrected chi connectivity index (χ3v) is 4.59. The third-order valence-electron chi connectivity index (χ3n) is 3.65. The number of amides is 2. The van der Waals surface area contributed by atoms with Gasteiger partial charge in [-0.2, -0.15) is 16.9 Å². The first kappa shape index (κ1) is 15.0. The Morgan fingerprint density at radius 3 is 2.68 bits per heavy atom. The molecule has 1 aliphatic rings. The number of aromatic nitrogens is 2. The van der Waals surface area contributed by atoms with Crippen molar-refractivity contribution in [3.63, 3.8) is 0 Å². The van der Waals surface area contributed by atoms with Crippen molar-refractivity contribution in [1.29, 1.82) is 0 Å². The van der Waals surface area contributed by atoms with Gasteiger partial charge < -0.3 is 10.2 Å². The van der Waals surface area contributed by atoms with Gasteiger partial charge >= 0.3 is 6.03 Å². The lowest BCUT2D eigenvalue weighted by Crippen LogP contribution is -2.40. The van der Waals surface area contributed by atoms with Crippen LogP contribution in [-0.2, 0) is 0 Å². The maximum atomic E-state index is 12.3. The highest BCUT2D eigenvalue weighted by Gasteiger charge is 2.16. The fourth-order valence-electron chi connectivity index (χ4n) is 2.57. The number of anilines is 1. The molecule has 116 valence electrons. The first-order valence-electron chi connectivity index (χ1n) is 7.41. The number of thioether (sulfide) groups is 1. The van der Waals surface area contributed by atoms with Gasteiger partial charge in [0.2, 0.25) is 0 Å². The van der Waals surface area contributed by atoms with Crippen LogP contribution in [0.2, 0.25) is 0 Å². The molecule has 0 spiro atoms. The Morgan fingerprint density at radius 2 is 2.00 bits per heavy atom. The SMILES string of the molecule is Cc1cc(C)n(-c2cccc(NC(=O)N3CCSCC3)c2)n1. The van der Waals surface area contributed by atoms with Gasteiger partial charge in [0.25, 0.3) is 0 Å². The fourth-order valence-corrected chi connectivity index (χ4v) is 3.48. The van der Waals surface area contributed by atoms with Crippen molar-refractivity contribution < 1.29 is 4.79 Å². The van der Waals surface area contributed by atoms with E-state index in [4.69, 9.17) is 0 Å². The molecular formula is C16H20N4OS. The minimum Gasteiger partial charge on any atom is -0.323 e. The van der Waals surface area contributed by atoms with E-state index in [1.165, 1.54) is 0 Å². The van der Waals surface area contributed by atoms with Crippen LogP contribution in [0.1, 0.15) is 11.4 Å². The standard InChI is InChI=1S/C16H20N4OS/c1-12-10-13(2)20(18-12)15-5-3-4-14(11-15)17-16(21)19-6-8-22-9-7-19/h3-5,10-11H,6-9H2,1-2H3,(H,17,21). The van der Waals surface area contributed by atoms with E-state index >= 15 is 0 Å². The number of benzene rings is 1. The lowest BCUT2D eigenvalue weighted by atomic mass is 10.2. The normalized spacial score (nSPS) is 14.9. The maximum absolute atomic E-state index is 12.3. The number of carbonyl (C=O) groups excluding carboxylic acids is 1. The molecule has 2 aromatic rings. The van der Waals surface area contributed by atoms with Gasteiger partial charge in [0.15, 0.2) is 0 Å². The molecular weight excluding hydrogens is 296 g/mol. The summed E-state index contributed by atoms with van der Waals surface area (Å²) in [7, 11) is 0. The smallest absolute Gasteiger partial charge is 0.321 e. The molecule has 0 unspecified atom stereocenters. The highest BCUT2D eigenvalue weighted by Crippen LogP contribution is 2.18. The second kappa shape index (κ2) is 6.44. The minimum atomic E-state index is -0.0224. The number of aryl methyl sites for hydroxylation is 2. The van der Waals surface area contributed by atoms with Gasteiger partial charge in [-0.15, -0.1) is 0 Å². The third kappa shape index (κ3) is 3.27. The van der Waals surface area contributed by atoms with Crippen LogP contribution < -0.4 is 5.32 Å². The second-order valence-corrected chi connectivity index (χ2v) is 6.64. The predicted molar refractivity (Wildman–Crippen MR) is 91.0 cm³/mol. The summed E-state index contributed by atoms with van der Waals surface area (Å²) in [6.07, 6.45) is 0. The Balaban J connectivity index is 1.76. The fraction of sp³-hybridized carbons (Fsp3) is 0.375. The Kier molecular flexibility index (Phi) is 4.38. The average Bonchev–Trinajstić information content (AvgIpc) is 2.87. The lowest BCUT2D eigenvalue weighted by Gasteiger charge is -2.26. The largest absolute Gasteiger partial charge is 0.323 e. The van der Waals surface area contributed by atoms with Crippen molar-refractivity contribution in [2.24, 2.45) is 0 Å². The molecule has 0 bridgehead atoms. The number of rotatable bonds is 2. The molecule has 6 heteroatoms. The van der Waals surface area contributed by atoms with Crippen LogP contribution in [-0.4, -0.2) is 45.3 Å². The molecule has 0 saturated carbocycles. The number of hydrogen-bond acceptors (Lipinski definition) is 3. The summed E-state index contributed by atoms with van der Waals surface area (Å²) in [5.74, 6) is 2.03. The quantitative estimate of drug-likeness (QED) is 0.926. The van der Waals surface area contributed by atoms with Crippen LogP contribution in [0.3, 0.4) is 0 Å². The molecule has 0 atom stereocenters. The molecule has 1 N–H and O–H groups in total. The molecule has 0 radical (unpaired) electrons. The van der Waals surface area contributed by atoms with E-state index in [0.717, 1.165) is 47.4 Å². The molecule has 1 fully saturated rings. The molecule has 3 rings (SSSR count). The van der Waals surface area contributed by atoms with Crippen LogP contribution >= 0.6 is 11.8 Å². The second-order valence-electron chi connectivity index (χ2n) is 5.42. The van der Waals surface area contributed by atoms with Crippen molar-refractivity contribution in [3.05, 3.63) is 41.7 Å². The van der Waals surface area contributed by atoms with Gasteiger partial charge in [-0.3, -0.25) is 0 Å². The number of carbonyl (C=O) groups is 1. The van der Waals surface area contributed by atoms with E-state index < -0.39 is 0 Å². The van der Waals surface area contributed by atoms with Crippen LogP contribution in [0.15, 0.2) is 30.3 Å². The predicted octanol–water partition coefficient (Wildman–Crippen LogP) is 3.07. The Bertz CT molecular complexity index is 677. The molecule has 22 heavy (non-hydrogen) atoms. The zero-order valence-electron chi connectivity index (χ0n) is 12.9. The lowest BCUT2D eigenvalue weighted by molar-refractivity contribution is 0.217. The zero-order valence-corrected chi connectivity index (χ0v) is 13.7. The number of nitrogens with one attached hydrogen (secondary N) is 1. The summed E-state index contributed by atoms with van der Waals surface area (Å²) in [5.41, 5.74) is 3.82. The van der Waals surface area contributed by atoms with Gasteiger partial charge in [0.05, 0.1) is 11.4 Å². The summed E-state index contributed by atoms with van der Waals surface area (Å²) in [6.45, 7) is 5.63. The van der Waals surface area contributed by atoms with E-state index in [2.05, 4.69) is 10.4 Å². The van der Waals surface area contributed by atoms with Gasteiger partial charge in [-0.25, -0.2) is 9.48 Å². The first-order chi connectivity index (χ1) is 10.6. The van der Waals surface area contributed by atoms with Gasteiger partial charge in [0, 0.05) is 36.0 Å². The highest BCUT2D eigenvalue weighted by molar-refractivity contribution is 7.99. The van der Waals surface area contributed by atoms with Gasteiger partial charge in [-0.05, 0) is 38.1 Å². The van der Waals surface area contributed by atoms with Gasteiger partial charge in [-0.1, -0.05) is 6.07 Å². The molecule has 5 nitrogen and oxygen atoms in total. The average molecular weight is 316 g/mol. The summed E-state index contributed by atoms with van der Waals surface area (Å²) in [5, 5.41) is 7.47. The van der Waals surface area contributed by atoms with Crippen molar-refractivity contribution in [3.8, 4) is 5.69 Å². The zero-order chi connectivity index (χ0) is 15.5. The van der Waals surface area contributed by atoms with Crippen molar-refractivity contribution >= 4 is 23.5 Å². The molecule has 1 aromatic heterocycles. The van der Waals surface area contributed by atoms with E-state index in [9.17, 15) is 4.79 Å². The summed E-state index contributed by atoms with van der Waals surface area (Å²) >= 11 is 1.89. The highest BCUT2D eigenvalue weighted by atomic mass is 32.2. The van der Waals surface area contributed by atoms with Crippen LogP contribution in [0, 0.1) is 13.8 Å². The summed E-state index contributed by atoms with van der Waals surface area (Å²) in [6, 6.07) is 9.81. The van der Waals surface area contributed by atoms with E-state index in [-0.39, 0.29) is 6.03 Å². The minimum absolute atomic E-state index is 0.0224. The number of urea groups is 1. The van der Waals surface area contributed by atoms with Gasteiger partial charge in [0.1, 0.15) is 0 Å². The summed E-state index contributed by atoms with van der Waals surface area (Å²) < 4.78 is 1.89. The Morgan fingerprint density at radius 1 is 1.23 bits per heavy atom. The maximum Gasteiger partial charge on any atom is 0.321 e. The first-order valence-corrected chi connectivity index (χ1v) is 8.56. The Hall–Kier alpha value is -1.95. The van der Waals surface area contributed by atoms with Crippen molar-refractivity contribution in [2.45, 2.75) is 13.8 Å². The Labute approximate surface area is 134 Å². The topological polar surface area (TPSA) is 50.2 Å². The molecule has 2 heterocycles. The van der Waals surface area contributed by atoms with Crippen LogP contribution in [0.4, 0.5) is 10.5 Å².